The zero-order valence-electron chi connectivity index (χ0n) is 16.6. The third-order valence-electron chi connectivity index (χ3n) is 5.08. The van der Waals surface area contributed by atoms with Crippen LogP contribution in [0.2, 0.25) is 5.02 Å². The number of nitrogens with one attached hydrogen (secondary N) is 1. The number of amides is 1. The van der Waals surface area contributed by atoms with E-state index in [-0.39, 0.29) is 24.2 Å². The van der Waals surface area contributed by atoms with Gasteiger partial charge in [-0.3, -0.25) is 14.2 Å². The van der Waals surface area contributed by atoms with Crippen molar-refractivity contribution in [1.29, 1.82) is 0 Å². The minimum Gasteiger partial charge on any atom is -0.467 e. The minimum absolute atomic E-state index is 0.0112. The number of para-hydroxylation sites is 2. The van der Waals surface area contributed by atoms with Crippen LogP contribution in [0.4, 0.5) is 5.69 Å². The fraction of sp³-hybridized carbons (Fsp3) is 0.0870. The number of carbonyl (C=O) groups is 1. The summed E-state index contributed by atoms with van der Waals surface area (Å²) in [5.74, 6) is -0.0540. The van der Waals surface area contributed by atoms with Gasteiger partial charge in [0, 0.05) is 5.39 Å². The van der Waals surface area contributed by atoms with Crippen molar-refractivity contribution in [3.05, 3.63) is 98.5 Å². The van der Waals surface area contributed by atoms with Gasteiger partial charge in [0.05, 0.1) is 23.5 Å². The molecule has 0 aliphatic heterocycles. The summed E-state index contributed by atoms with van der Waals surface area (Å²) in [5.41, 5.74) is -0.136. The van der Waals surface area contributed by atoms with Gasteiger partial charge in [0.2, 0.25) is 11.5 Å². The van der Waals surface area contributed by atoms with Crippen LogP contribution < -0.4 is 16.6 Å². The molecule has 9 heteroatoms. The van der Waals surface area contributed by atoms with E-state index in [4.69, 9.17) is 20.4 Å². The van der Waals surface area contributed by atoms with Crippen molar-refractivity contribution < 1.29 is 13.6 Å². The van der Waals surface area contributed by atoms with Crippen molar-refractivity contribution in [2.45, 2.75) is 13.1 Å². The average Bonchev–Trinajstić information content (AvgIpc) is 3.44. The second kappa shape index (κ2) is 7.90. The first kappa shape index (κ1) is 19.9. The maximum atomic E-state index is 13.4. The fourth-order valence-corrected chi connectivity index (χ4v) is 3.82. The number of hydrogen-bond donors (Lipinski definition) is 1. The monoisotopic (exact) mass is 449 g/mol. The molecule has 0 aliphatic carbocycles. The predicted octanol–water partition coefficient (Wildman–Crippen LogP) is 3.84. The summed E-state index contributed by atoms with van der Waals surface area (Å²) >= 11 is 6.13. The molecule has 0 aliphatic rings. The first-order valence-electron chi connectivity index (χ1n) is 9.74. The molecule has 0 fully saturated rings. The number of furan rings is 2. The van der Waals surface area contributed by atoms with Crippen LogP contribution >= 0.6 is 11.6 Å². The highest BCUT2D eigenvalue weighted by Gasteiger charge is 2.22. The van der Waals surface area contributed by atoms with E-state index in [0.717, 1.165) is 4.57 Å². The molecule has 1 amide bonds. The van der Waals surface area contributed by atoms with Crippen molar-refractivity contribution in [3.63, 3.8) is 0 Å². The van der Waals surface area contributed by atoms with Crippen molar-refractivity contribution in [2.24, 2.45) is 0 Å². The van der Waals surface area contributed by atoms with Crippen molar-refractivity contribution in [2.75, 3.05) is 5.32 Å². The van der Waals surface area contributed by atoms with Crippen LogP contribution in [0.25, 0.3) is 22.1 Å². The molecular formula is C23H16ClN3O5. The van der Waals surface area contributed by atoms with Crippen LogP contribution in [-0.2, 0) is 17.9 Å². The van der Waals surface area contributed by atoms with Crippen molar-refractivity contribution in [1.82, 2.24) is 9.13 Å². The van der Waals surface area contributed by atoms with Crippen LogP contribution in [0.3, 0.4) is 0 Å². The molecule has 1 N–H and O–H groups in total. The smallest absolute Gasteiger partial charge is 0.332 e. The minimum atomic E-state index is -0.653. The zero-order valence-corrected chi connectivity index (χ0v) is 17.3. The predicted molar refractivity (Wildman–Crippen MR) is 120 cm³/mol. The molecule has 0 bridgehead atoms. The summed E-state index contributed by atoms with van der Waals surface area (Å²) in [6.07, 6.45) is 1.45. The third-order valence-corrected chi connectivity index (χ3v) is 5.41. The van der Waals surface area contributed by atoms with Gasteiger partial charge >= 0.3 is 5.69 Å². The lowest BCUT2D eigenvalue weighted by Gasteiger charge is -2.12. The fourth-order valence-electron chi connectivity index (χ4n) is 3.64. The Kier molecular flexibility index (Phi) is 4.91. The Labute approximate surface area is 185 Å². The summed E-state index contributed by atoms with van der Waals surface area (Å²) < 4.78 is 13.3. The highest BCUT2D eigenvalue weighted by Crippen LogP contribution is 2.26. The van der Waals surface area contributed by atoms with Crippen LogP contribution in [0.5, 0.6) is 0 Å². The first-order chi connectivity index (χ1) is 15.5. The number of fused-ring (bicyclic) bond motifs is 3. The number of rotatable bonds is 5. The van der Waals surface area contributed by atoms with E-state index >= 15 is 0 Å². The number of anilines is 1. The van der Waals surface area contributed by atoms with E-state index in [1.54, 1.807) is 60.7 Å². The topological polar surface area (TPSA) is 99.4 Å². The van der Waals surface area contributed by atoms with E-state index in [0.29, 0.717) is 27.4 Å². The standard InChI is InChI=1S/C23H16ClN3O5/c24-16-8-2-3-9-17(16)25-19(28)13-26-20-15-7-1-4-10-18(15)32-21(20)22(29)27(23(26)30)12-14-6-5-11-31-14/h1-11H,12-13H2,(H,25,28). The van der Waals surface area contributed by atoms with Gasteiger partial charge in [-0.1, -0.05) is 35.9 Å². The molecule has 5 aromatic rings. The van der Waals surface area contributed by atoms with E-state index in [1.807, 2.05) is 0 Å². The molecule has 5 rings (SSSR count). The Morgan fingerprint density at radius 2 is 1.75 bits per heavy atom. The molecule has 0 radical (unpaired) electrons. The second-order valence-corrected chi connectivity index (χ2v) is 7.55. The number of nitrogens with zero attached hydrogens (tertiary/aromatic N) is 2. The van der Waals surface area contributed by atoms with E-state index in [2.05, 4.69) is 5.32 Å². The number of hydrogen-bond acceptors (Lipinski definition) is 5. The lowest BCUT2D eigenvalue weighted by atomic mass is 10.2. The van der Waals surface area contributed by atoms with Crippen molar-refractivity contribution in [3.8, 4) is 0 Å². The zero-order chi connectivity index (χ0) is 22.2. The lowest BCUT2D eigenvalue weighted by molar-refractivity contribution is -0.116. The lowest BCUT2D eigenvalue weighted by Crippen LogP contribution is -2.41. The Hall–Kier alpha value is -4.04. The molecule has 0 saturated heterocycles. The molecule has 3 heterocycles. The molecule has 0 spiro atoms. The SMILES string of the molecule is O=C(Cn1c(=O)n(Cc2ccco2)c(=O)c2oc3ccccc3c21)Nc1ccccc1Cl. The van der Waals surface area contributed by atoms with Gasteiger partial charge in [0.1, 0.15) is 23.4 Å². The van der Waals surface area contributed by atoms with E-state index < -0.39 is 17.2 Å². The molecule has 8 nitrogen and oxygen atoms in total. The van der Waals surface area contributed by atoms with Crippen LogP contribution in [0.1, 0.15) is 5.76 Å². The van der Waals surface area contributed by atoms with Crippen LogP contribution in [0, 0.1) is 0 Å². The molecular weight excluding hydrogens is 434 g/mol. The van der Waals surface area contributed by atoms with Gasteiger partial charge in [-0.25, -0.2) is 9.36 Å². The second-order valence-electron chi connectivity index (χ2n) is 7.14. The van der Waals surface area contributed by atoms with Crippen molar-refractivity contribution >= 4 is 45.3 Å². The highest BCUT2D eigenvalue weighted by atomic mass is 35.5. The first-order valence-corrected chi connectivity index (χ1v) is 10.1. The van der Waals surface area contributed by atoms with Gasteiger partial charge < -0.3 is 14.2 Å². The summed E-state index contributed by atoms with van der Waals surface area (Å²) in [4.78, 5) is 39.3. The van der Waals surface area contributed by atoms with E-state index in [1.165, 1.54) is 10.8 Å². The Balaban J connectivity index is 1.67. The van der Waals surface area contributed by atoms with Crippen LogP contribution in [-0.4, -0.2) is 15.0 Å². The molecule has 0 atom stereocenters. The number of aromatic nitrogens is 2. The largest absolute Gasteiger partial charge is 0.467 e. The number of carbonyl (C=O) groups excluding carboxylic acids is 1. The van der Waals surface area contributed by atoms with Gasteiger partial charge in [-0.2, -0.15) is 0 Å². The summed E-state index contributed by atoms with van der Waals surface area (Å²) in [5, 5.41) is 3.64. The average molecular weight is 450 g/mol. The van der Waals surface area contributed by atoms with E-state index in [9.17, 15) is 14.4 Å². The van der Waals surface area contributed by atoms with Gasteiger partial charge in [-0.05, 0) is 36.4 Å². The van der Waals surface area contributed by atoms with Gasteiger partial charge in [-0.15, -0.1) is 0 Å². The Morgan fingerprint density at radius 3 is 2.53 bits per heavy atom. The molecule has 32 heavy (non-hydrogen) atoms. The van der Waals surface area contributed by atoms with Gasteiger partial charge in [0.25, 0.3) is 5.56 Å². The molecule has 160 valence electrons. The number of halogens is 1. The Bertz CT molecular complexity index is 1580. The molecule has 2 aromatic carbocycles. The number of benzene rings is 2. The molecule has 0 saturated carbocycles. The summed E-state index contributed by atoms with van der Waals surface area (Å²) in [6, 6.07) is 17.1. The molecule has 0 unspecified atom stereocenters. The Morgan fingerprint density at radius 1 is 0.969 bits per heavy atom. The quantitative estimate of drug-likeness (QED) is 0.439. The van der Waals surface area contributed by atoms with Gasteiger partial charge in [0.15, 0.2) is 0 Å². The maximum absolute atomic E-state index is 13.4. The normalized spacial score (nSPS) is 11.3. The maximum Gasteiger partial charge on any atom is 0.332 e. The summed E-state index contributed by atoms with van der Waals surface area (Å²) in [6.45, 7) is -0.438. The third kappa shape index (κ3) is 3.40. The van der Waals surface area contributed by atoms with Crippen LogP contribution in [0.15, 0.2) is 85.4 Å². The summed E-state index contributed by atoms with van der Waals surface area (Å²) in [7, 11) is 0. The molecule has 3 aromatic heterocycles. The highest BCUT2D eigenvalue weighted by molar-refractivity contribution is 6.33.